The Morgan fingerprint density at radius 2 is 1.58 bits per heavy atom. The predicted octanol–water partition coefficient (Wildman–Crippen LogP) is 5.78. The van der Waals surface area contributed by atoms with Gasteiger partial charge in [-0.15, -0.1) is 0 Å². The van der Waals surface area contributed by atoms with Gasteiger partial charge in [0.15, 0.2) is 6.73 Å². The number of sulfonamides is 1. The summed E-state index contributed by atoms with van der Waals surface area (Å²) < 4.78 is 43.6. The maximum atomic E-state index is 13.9. The number of rotatable bonds is 12. The van der Waals surface area contributed by atoms with E-state index in [1.807, 2.05) is 61.5 Å². The molecule has 0 radical (unpaired) electrons. The highest BCUT2D eigenvalue weighted by molar-refractivity contribution is 7.89. The fraction of sp³-hybridized carbons (Fsp3) is 0.353. The molecule has 1 aliphatic rings. The second-order valence-electron chi connectivity index (χ2n) is 12.1. The number of halogens is 1. The van der Waals surface area contributed by atoms with Crippen molar-refractivity contribution in [3.05, 3.63) is 94.5 Å². The summed E-state index contributed by atoms with van der Waals surface area (Å²) in [6.45, 7) is 5.60. The normalized spacial score (nSPS) is 14.1. The molecule has 0 spiro atoms. The molecular formula is C34H38ClN3O9S. The van der Waals surface area contributed by atoms with Crippen molar-refractivity contribution in [3.63, 3.8) is 0 Å². The number of benzene rings is 3. The second kappa shape index (κ2) is 15.5. The number of para-hydroxylation sites is 1. The minimum Gasteiger partial charge on any atom is -0.461 e. The van der Waals surface area contributed by atoms with Crippen molar-refractivity contribution in [2.75, 3.05) is 11.7 Å². The Hall–Kier alpha value is -4.62. The van der Waals surface area contributed by atoms with Crippen molar-refractivity contribution < 1.29 is 41.8 Å². The summed E-state index contributed by atoms with van der Waals surface area (Å²) in [6, 6.07) is 20.2. The Morgan fingerprint density at radius 1 is 0.938 bits per heavy atom. The Balaban J connectivity index is 1.44. The van der Waals surface area contributed by atoms with Gasteiger partial charge >= 0.3 is 18.0 Å². The smallest absolute Gasteiger partial charge is 0.427 e. The summed E-state index contributed by atoms with van der Waals surface area (Å²) in [6.07, 6.45) is -0.889. The number of nitrogens with one attached hydrogen (secondary N) is 1. The van der Waals surface area contributed by atoms with Gasteiger partial charge in [0.1, 0.15) is 17.1 Å². The van der Waals surface area contributed by atoms with Crippen molar-refractivity contribution in [1.82, 2.24) is 9.73 Å². The lowest BCUT2D eigenvalue weighted by Crippen LogP contribution is -2.45. The van der Waals surface area contributed by atoms with Crippen molar-refractivity contribution in [2.24, 2.45) is 0 Å². The maximum Gasteiger partial charge on any atom is 0.427 e. The number of fused-ring (bicyclic) bond motifs is 1. The van der Waals surface area contributed by atoms with E-state index in [-0.39, 0.29) is 46.8 Å². The van der Waals surface area contributed by atoms with Gasteiger partial charge in [-0.05, 0) is 75.9 Å². The molecule has 4 rings (SSSR count). The zero-order valence-corrected chi connectivity index (χ0v) is 28.7. The number of hydrogen-bond acceptors (Lipinski definition) is 10. The van der Waals surface area contributed by atoms with Crippen LogP contribution in [0.25, 0.3) is 0 Å². The molecule has 48 heavy (non-hydrogen) atoms. The van der Waals surface area contributed by atoms with Crippen LogP contribution in [0.2, 0.25) is 5.02 Å². The molecule has 0 aliphatic carbocycles. The van der Waals surface area contributed by atoms with Crippen LogP contribution in [0.5, 0.6) is 0 Å². The van der Waals surface area contributed by atoms with E-state index in [0.29, 0.717) is 6.42 Å². The quantitative estimate of drug-likeness (QED) is 0.140. The molecule has 256 valence electrons. The summed E-state index contributed by atoms with van der Waals surface area (Å²) in [5, 5.41) is 1.43. The molecule has 1 heterocycles. The average molecular weight is 700 g/mol. The van der Waals surface area contributed by atoms with E-state index in [1.54, 1.807) is 5.01 Å². The molecule has 1 N–H and O–H groups in total. The number of ether oxygens (including phenoxy) is 3. The highest BCUT2D eigenvalue weighted by Crippen LogP contribution is 2.31. The topological polar surface area (TPSA) is 149 Å². The third-order valence-corrected chi connectivity index (χ3v) is 9.31. The zero-order valence-electron chi connectivity index (χ0n) is 27.1. The Morgan fingerprint density at radius 3 is 2.27 bits per heavy atom. The highest BCUT2D eigenvalue weighted by Gasteiger charge is 2.36. The first kappa shape index (κ1) is 36.2. The van der Waals surface area contributed by atoms with Gasteiger partial charge in [0, 0.05) is 18.4 Å². The van der Waals surface area contributed by atoms with E-state index in [0.717, 1.165) is 22.9 Å². The molecule has 3 aromatic rings. The molecule has 14 heteroatoms. The fourth-order valence-electron chi connectivity index (χ4n) is 4.79. The molecule has 1 atom stereocenters. The van der Waals surface area contributed by atoms with Gasteiger partial charge in [-0.3, -0.25) is 24.8 Å². The van der Waals surface area contributed by atoms with Gasteiger partial charge in [0.05, 0.1) is 16.8 Å². The number of hydrazine groups is 1. The Bertz CT molecular complexity index is 1760. The summed E-state index contributed by atoms with van der Waals surface area (Å²) in [5.41, 5.74) is 4.35. The number of carbonyl (C=O) groups excluding carboxylic acids is 4. The number of carbonyl (C=O) groups is 4. The van der Waals surface area contributed by atoms with Crippen LogP contribution in [-0.2, 0) is 46.9 Å². The molecule has 0 saturated carbocycles. The van der Waals surface area contributed by atoms with Crippen LogP contribution in [0.15, 0.2) is 77.7 Å². The van der Waals surface area contributed by atoms with E-state index in [4.69, 9.17) is 25.8 Å². The van der Waals surface area contributed by atoms with Crippen molar-refractivity contribution in [2.45, 2.75) is 76.5 Å². The number of amides is 2. The molecular weight excluding hydrogens is 662 g/mol. The number of esters is 2. The minimum absolute atomic E-state index is 0.0464. The molecule has 1 aliphatic heterocycles. The lowest BCUT2D eigenvalue weighted by Gasteiger charge is -2.27. The highest BCUT2D eigenvalue weighted by atomic mass is 35.5. The van der Waals surface area contributed by atoms with Crippen LogP contribution in [0.3, 0.4) is 0 Å². The fourth-order valence-corrected chi connectivity index (χ4v) is 6.46. The minimum atomic E-state index is -4.83. The van der Waals surface area contributed by atoms with Gasteiger partial charge in [-0.25, -0.2) is 13.2 Å². The molecule has 0 bridgehead atoms. The van der Waals surface area contributed by atoms with Gasteiger partial charge in [0.25, 0.3) is 15.9 Å². The first-order valence-electron chi connectivity index (χ1n) is 15.2. The van der Waals surface area contributed by atoms with Crippen LogP contribution >= 0.6 is 11.6 Å². The standard InChI is InChI=1S/C34H38ClN3O9S/c1-23-19-25-13-8-9-14-28(25)38(23)36-32(41)26-17-18-27(35)29(20-26)48(43,44)37(33(42)47-34(2,3)4)22-46-31(40)16-10-15-30(39)45-21-24-11-6-5-7-12-24/h5-9,11-14,17-18,20,23H,10,15-16,19,21-22H2,1-4H3,(H,36,41). The molecule has 1 unspecified atom stereocenters. The third kappa shape index (κ3) is 9.48. The molecule has 0 fully saturated rings. The van der Waals surface area contributed by atoms with Crippen LogP contribution in [-0.4, -0.2) is 55.0 Å². The van der Waals surface area contributed by atoms with Gasteiger partial charge in [-0.2, -0.15) is 4.31 Å². The lowest BCUT2D eigenvalue weighted by atomic mass is 10.1. The zero-order chi connectivity index (χ0) is 35.1. The molecule has 0 saturated heterocycles. The maximum absolute atomic E-state index is 13.9. The van der Waals surface area contributed by atoms with E-state index in [2.05, 4.69) is 5.43 Å². The van der Waals surface area contributed by atoms with Gasteiger partial charge in [0.2, 0.25) is 0 Å². The van der Waals surface area contributed by atoms with E-state index < -0.39 is 51.2 Å². The third-order valence-electron chi connectivity index (χ3n) is 7.14. The lowest BCUT2D eigenvalue weighted by molar-refractivity contribution is -0.147. The largest absolute Gasteiger partial charge is 0.461 e. The predicted molar refractivity (Wildman–Crippen MR) is 177 cm³/mol. The monoisotopic (exact) mass is 699 g/mol. The van der Waals surface area contributed by atoms with Crippen molar-refractivity contribution >= 4 is 51.3 Å². The van der Waals surface area contributed by atoms with Crippen LogP contribution in [0, 0.1) is 0 Å². The average Bonchev–Trinajstić information content (AvgIpc) is 3.34. The van der Waals surface area contributed by atoms with Crippen molar-refractivity contribution in [1.29, 1.82) is 0 Å². The van der Waals surface area contributed by atoms with Gasteiger partial charge < -0.3 is 14.2 Å². The summed E-state index contributed by atoms with van der Waals surface area (Å²) >= 11 is 6.30. The van der Waals surface area contributed by atoms with Crippen LogP contribution in [0.4, 0.5) is 10.5 Å². The SMILES string of the molecule is CC1Cc2ccccc2N1NC(=O)c1ccc(Cl)c(S(=O)(=O)N(COC(=O)CCCC(=O)OCc2ccccc2)C(=O)OC(C)(C)C)c1. The Labute approximate surface area is 284 Å². The molecule has 3 aromatic carbocycles. The second-order valence-corrected chi connectivity index (χ2v) is 14.4. The molecule has 12 nitrogen and oxygen atoms in total. The first-order chi connectivity index (χ1) is 22.7. The summed E-state index contributed by atoms with van der Waals surface area (Å²) in [4.78, 5) is 50.5. The number of hydrogen-bond donors (Lipinski definition) is 1. The van der Waals surface area contributed by atoms with E-state index in [9.17, 15) is 27.6 Å². The van der Waals surface area contributed by atoms with E-state index >= 15 is 0 Å². The van der Waals surface area contributed by atoms with Crippen LogP contribution in [0.1, 0.15) is 68.4 Å². The molecule has 0 aromatic heterocycles. The summed E-state index contributed by atoms with van der Waals surface area (Å²) in [5.74, 6) is -2.00. The van der Waals surface area contributed by atoms with E-state index in [1.165, 1.54) is 32.9 Å². The number of nitrogens with zero attached hydrogens (tertiary/aromatic N) is 2. The van der Waals surface area contributed by atoms with Crippen molar-refractivity contribution in [3.8, 4) is 0 Å². The molecule has 2 amide bonds. The first-order valence-corrected chi connectivity index (χ1v) is 17.1. The number of anilines is 1. The Kier molecular flexibility index (Phi) is 11.7. The van der Waals surface area contributed by atoms with Gasteiger partial charge in [-0.1, -0.05) is 60.1 Å². The van der Waals surface area contributed by atoms with Crippen LogP contribution < -0.4 is 10.4 Å². The summed E-state index contributed by atoms with van der Waals surface area (Å²) in [7, 11) is -4.83.